The minimum absolute atomic E-state index is 0.0115. The van der Waals surface area contributed by atoms with E-state index in [1.807, 2.05) is 21.1 Å². The molecular weight excluding hydrogens is 774 g/mol. The normalized spacial score (nSPS) is 14.3. The van der Waals surface area contributed by atoms with Gasteiger partial charge in [0.05, 0.1) is 27.7 Å². The summed E-state index contributed by atoms with van der Waals surface area (Å²) in [6, 6.07) is 0. The van der Waals surface area contributed by atoms with Gasteiger partial charge in [-0.3, -0.25) is 18.6 Å². The molecule has 1 unspecified atom stereocenters. The van der Waals surface area contributed by atoms with Crippen LogP contribution >= 0.6 is 7.82 Å². The van der Waals surface area contributed by atoms with E-state index in [4.69, 9.17) is 18.5 Å². The van der Waals surface area contributed by atoms with Crippen LogP contribution in [0.1, 0.15) is 168 Å². The lowest BCUT2D eigenvalue weighted by molar-refractivity contribution is -0.870. The highest BCUT2D eigenvalue weighted by Crippen LogP contribution is 2.43. The SMILES string of the molecule is CCCCC/C=C/C/C=C/C/C=C/CCCCC(=O)O[C@@H](COC(=O)CCC/C=C/C/C=C/C/C=C/C/C=C/CCCCCCCCC)COP(=O)(O)OCC[N+](C)(C)C. The summed E-state index contributed by atoms with van der Waals surface area (Å²) in [7, 11) is 1.41. The number of phosphoric acid groups is 1. The van der Waals surface area contributed by atoms with Gasteiger partial charge in [0.1, 0.15) is 19.8 Å². The molecule has 0 aromatic carbocycles. The lowest BCUT2D eigenvalue weighted by Crippen LogP contribution is -2.37. The Morgan fingerprint density at radius 3 is 1.42 bits per heavy atom. The molecule has 0 rings (SSSR count). The number of nitrogens with zero attached hydrogens (tertiary/aromatic N) is 1. The van der Waals surface area contributed by atoms with Crippen LogP contribution in [0.2, 0.25) is 0 Å². The molecule has 0 spiro atoms. The van der Waals surface area contributed by atoms with Gasteiger partial charge in [0, 0.05) is 12.8 Å². The van der Waals surface area contributed by atoms with Gasteiger partial charge in [-0.15, -0.1) is 0 Å². The third-order valence-electron chi connectivity index (χ3n) is 9.40. The molecular formula is C50H87NO8P+. The fourth-order valence-electron chi connectivity index (χ4n) is 5.72. The Hall–Kier alpha value is -2.81. The smallest absolute Gasteiger partial charge is 0.462 e. The summed E-state index contributed by atoms with van der Waals surface area (Å²) in [6.45, 7) is 4.26. The van der Waals surface area contributed by atoms with Crippen molar-refractivity contribution >= 4 is 19.8 Å². The van der Waals surface area contributed by atoms with E-state index in [2.05, 4.69) is 98.9 Å². The summed E-state index contributed by atoms with van der Waals surface area (Å²) >= 11 is 0. The van der Waals surface area contributed by atoms with Crippen molar-refractivity contribution in [3.63, 3.8) is 0 Å². The predicted molar refractivity (Wildman–Crippen MR) is 252 cm³/mol. The third-order valence-corrected chi connectivity index (χ3v) is 10.4. The van der Waals surface area contributed by atoms with E-state index in [-0.39, 0.29) is 26.1 Å². The van der Waals surface area contributed by atoms with E-state index < -0.39 is 32.5 Å². The van der Waals surface area contributed by atoms with Gasteiger partial charge in [-0.25, -0.2) is 4.57 Å². The highest BCUT2D eigenvalue weighted by molar-refractivity contribution is 7.47. The van der Waals surface area contributed by atoms with Crippen LogP contribution in [-0.2, 0) is 32.7 Å². The van der Waals surface area contributed by atoms with Gasteiger partial charge in [0.25, 0.3) is 0 Å². The lowest BCUT2D eigenvalue weighted by Gasteiger charge is -2.24. The Morgan fingerprint density at radius 2 is 0.917 bits per heavy atom. The van der Waals surface area contributed by atoms with Gasteiger partial charge in [-0.2, -0.15) is 0 Å². The van der Waals surface area contributed by atoms with Gasteiger partial charge in [0.15, 0.2) is 6.10 Å². The average Bonchev–Trinajstić information content (AvgIpc) is 3.20. The Kier molecular flexibility index (Phi) is 39.6. The number of esters is 2. The van der Waals surface area contributed by atoms with Crippen molar-refractivity contribution in [1.82, 2.24) is 0 Å². The second-order valence-electron chi connectivity index (χ2n) is 16.4. The second-order valence-corrected chi connectivity index (χ2v) is 17.9. The molecule has 0 saturated heterocycles. The fourth-order valence-corrected chi connectivity index (χ4v) is 6.46. The third kappa shape index (κ3) is 44.7. The molecule has 10 heteroatoms. The molecule has 1 N–H and O–H groups in total. The second kappa shape index (κ2) is 41.5. The molecule has 0 aliphatic heterocycles. The number of rotatable bonds is 41. The van der Waals surface area contributed by atoms with Crippen molar-refractivity contribution in [2.24, 2.45) is 0 Å². The van der Waals surface area contributed by atoms with E-state index in [1.165, 1.54) is 70.6 Å². The van der Waals surface area contributed by atoms with E-state index in [0.29, 0.717) is 23.9 Å². The molecule has 0 heterocycles. The summed E-state index contributed by atoms with van der Waals surface area (Å²) in [4.78, 5) is 35.4. The first-order valence-electron chi connectivity index (χ1n) is 23.3. The van der Waals surface area contributed by atoms with Gasteiger partial charge in [-0.1, -0.05) is 150 Å². The van der Waals surface area contributed by atoms with E-state index in [0.717, 1.165) is 57.8 Å². The van der Waals surface area contributed by atoms with Crippen LogP contribution in [0.15, 0.2) is 85.1 Å². The van der Waals surface area contributed by atoms with Crippen LogP contribution < -0.4 is 0 Å². The number of allylic oxidation sites excluding steroid dienone is 14. The van der Waals surface area contributed by atoms with Crippen LogP contribution in [0.5, 0.6) is 0 Å². The number of phosphoric ester groups is 1. The summed E-state index contributed by atoms with van der Waals surface area (Å²) in [5.74, 6) is -0.916. The van der Waals surface area contributed by atoms with Gasteiger partial charge in [0.2, 0.25) is 0 Å². The molecule has 2 atom stereocenters. The molecule has 0 aromatic heterocycles. The van der Waals surface area contributed by atoms with Crippen LogP contribution in [-0.4, -0.2) is 74.9 Å². The number of unbranched alkanes of at least 4 members (excludes halogenated alkanes) is 13. The summed E-state index contributed by atoms with van der Waals surface area (Å²) in [5, 5.41) is 0. The maximum absolute atomic E-state index is 12.7. The summed E-state index contributed by atoms with van der Waals surface area (Å²) in [5.41, 5.74) is 0. The molecule has 0 radical (unpaired) electrons. The lowest BCUT2D eigenvalue weighted by atomic mass is 10.1. The van der Waals surface area contributed by atoms with Crippen molar-refractivity contribution in [2.75, 3.05) is 47.5 Å². The molecule has 60 heavy (non-hydrogen) atoms. The van der Waals surface area contributed by atoms with Crippen molar-refractivity contribution < 1.29 is 42.1 Å². The zero-order chi connectivity index (χ0) is 44.3. The first-order chi connectivity index (χ1) is 29.0. The quantitative estimate of drug-likeness (QED) is 0.0213. The predicted octanol–water partition coefficient (Wildman–Crippen LogP) is 13.6. The minimum Gasteiger partial charge on any atom is -0.462 e. The Labute approximate surface area is 367 Å². The Bertz CT molecular complexity index is 1290. The Morgan fingerprint density at radius 1 is 0.517 bits per heavy atom. The van der Waals surface area contributed by atoms with Crippen LogP contribution in [0.3, 0.4) is 0 Å². The fraction of sp³-hybridized carbons (Fsp3) is 0.680. The molecule has 9 nitrogen and oxygen atoms in total. The highest BCUT2D eigenvalue weighted by Gasteiger charge is 2.27. The summed E-state index contributed by atoms with van der Waals surface area (Å²) < 4.78 is 34.2. The van der Waals surface area contributed by atoms with Crippen molar-refractivity contribution in [1.29, 1.82) is 0 Å². The summed E-state index contributed by atoms with van der Waals surface area (Å²) in [6.07, 6.45) is 53.6. The van der Waals surface area contributed by atoms with Crippen LogP contribution in [0.4, 0.5) is 0 Å². The largest absolute Gasteiger partial charge is 0.472 e. The van der Waals surface area contributed by atoms with Crippen LogP contribution in [0, 0.1) is 0 Å². The highest BCUT2D eigenvalue weighted by atomic mass is 31.2. The molecule has 0 aromatic rings. The van der Waals surface area contributed by atoms with E-state index in [9.17, 15) is 19.0 Å². The number of carbonyl (C=O) groups excluding carboxylic acids is 2. The van der Waals surface area contributed by atoms with Gasteiger partial charge in [-0.05, 0) is 89.9 Å². The zero-order valence-electron chi connectivity index (χ0n) is 38.7. The maximum atomic E-state index is 12.7. The number of ether oxygens (including phenoxy) is 2. The van der Waals surface area contributed by atoms with E-state index in [1.54, 1.807) is 0 Å². The number of carbonyl (C=O) groups is 2. The molecule has 0 aliphatic rings. The monoisotopic (exact) mass is 861 g/mol. The zero-order valence-corrected chi connectivity index (χ0v) is 39.6. The molecule has 344 valence electrons. The average molecular weight is 861 g/mol. The molecule has 0 aliphatic carbocycles. The first kappa shape index (κ1) is 57.2. The standard InChI is InChI=1S/C50H86NO8P/c1-6-8-10-12-14-16-18-20-22-23-24-25-26-27-29-30-32-34-36-38-40-42-49(52)56-46-48(47-58-60(54,55)57-45-44-51(3,4)5)59-50(53)43-41-39-37-35-33-31-28-21-19-17-15-13-11-9-7-2/h15,17,21-23,25-26,28-30,33-36,48H,6-14,16,18-20,24,27,31-32,37-47H2,1-5H3/p+1/b17-15+,23-22+,26-25+,28-21+,30-29+,35-33+,36-34+/t48-/m0/s1. The minimum atomic E-state index is -4.40. The first-order valence-corrected chi connectivity index (χ1v) is 24.8. The molecule has 0 saturated carbocycles. The number of hydrogen-bond donors (Lipinski definition) is 1. The van der Waals surface area contributed by atoms with Crippen molar-refractivity contribution in [3.8, 4) is 0 Å². The Balaban J connectivity index is 4.48. The topological polar surface area (TPSA) is 108 Å². The molecule has 0 fully saturated rings. The van der Waals surface area contributed by atoms with Gasteiger partial charge < -0.3 is 18.9 Å². The van der Waals surface area contributed by atoms with Gasteiger partial charge >= 0.3 is 19.8 Å². The van der Waals surface area contributed by atoms with Crippen LogP contribution in [0.25, 0.3) is 0 Å². The molecule has 0 bridgehead atoms. The van der Waals surface area contributed by atoms with Crippen molar-refractivity contribution in [3.05, 3.63) is 85.1 Å². The number of hydrogen-bond acceptors (Lipinski definition) is 7. The maximum Gasteiger partial charge on any atom is 0.472 e. The van der Waals surface area contributed by atoms with Crippen molar-refractivity contribution in [2.45, 2.75) is 174 Å². The number of likely N-dealkylation sites (N-methyl/N-ethyl adjacent to an activating group) is 1. The number of quaternary nitrogens is 1. The van der Waals surface area contributed by atoms with E-state index >= 15 is 0 Å². The molecule has 0 amide bonds.